The third-order valence-corrected chi connectivity index (χ3v) is 7.13. The Morgan fingerprint density at radius 2 is 1.88 bits per heavy atom. The minimum Gasteiger partial charge on any atom is -0.299 e. The fourth-order valence-corrected chi connectivity index (χ4v) is 5.66. The van der Waals surface area contributed by atoms with E-state index in [2.05, 4.69) is 27.7 Å². The lowest BCUT2D eigenvalue weighted by Gasteiger charge is -2.45. The van der Waals surface area contributed by atoms with Crippen LogP contribution in [0.2, 0.25) is 0 Å². The van der Waals surface area contributed by atoms with E-state index in [1.165, 1.54) is 25.7 Å². The summed E-state index contributed by atoms with van der Waals surface area (Å²) in [7, 11) is 0. The Morgan fingerprint density at radius 1 is 1.19 bits per heavy atom. The Morgan fingerprint density at radius 3 is 2.56 bits per heavy atom. The molecule has 16 heavy (non-hydrogen) atoms. The van der Waals surface area contributed by atoms with Gasteiger partial charge in [-0.2, -0.15) is 0 Å². The molecule has 0 aliphatic heterocycles. The van der Waals surface area contributed by atoms with Crippen LogP contribution in [0.25, 0.3) is 0 Å². The Labute approximate surface area is 99.0 Å². The second-order valence-corrected chi connectivity index (χ2v) is 7.41. The number of hydrogen-bond acceptors (Lipinski definition) is 1. The van der Waals surface area contributed by atoms with Crippen molar-refractivity contribution in [2.75, 3.05) is 0 Å². The zero-order valence-electron chi connectivity index (χ0n) is 11.1. The second-order valence-electron chi connectivity index (χ2n) is 7.41. The van der Waals surface area contributed by atoms with E-state index in [1.807, 2.05) is 0 Å². The molecule has 0 aromatic carbocycles. The molecule has 0 aromatic heterocycles. The summed E-state index contributed by atoms with van der Waals surface area (Å²) in [6, 6.07) is 0. The van der Waals surface area contributed by atoms with Gasteiger partial charge >= 0.3 is 0 Å². The first-order chi connectivity index (χ1) is 7.34. The van der Waals surface area contributed by atoms with Crippen LogP contribution >= 0.6 is 0 Å². The average Bonchev–Trinajstić information content (AvgIpc) is 2.57. The van der Waals surface area contributed by atoms with Gasteiger partial charge in [-0.25, -0.2) is 0 Å². The Bertz CT molecular complexity index is 360. The average molecular weight is 220 g/mol. The highest BCUT2D eigenvalue weighted by atomic mass is 16.1. The van der Waals surface area contributed by atoms with E-state index in [9.17, 15) is 4.79 Å². The highest BCUT2D eigenvalue weighted by Gasteiger charge is 2.70. The Hall–Kier alpha value is -0.330. The van der Waals surface area contributed by atoms with Crippen molar-refractivity contribution in [3.63, 3.8) is 0 Å². The molecule has 1 nitrogen and oxygen atoms in total. The summed E-state index contributed by atoms with van der Waals surface area (Å²) >= 11 is 0. The van der Waals surface area contributed by atoms with Gasteiger partial charge in [0, 0.05) is 12.3 Å². The number of fused-ring (bicyclic) bond motifs is 5. The zero-order chi connectivity index (χ0) is 11.8. The highest BCUT2D eigenvalue weighted by Crippen LogP contribution is 2.76. The number of carbonyl (C=O) groups is 1. The van der Waals surface area contributed by atoms with Crippen molar-refractivity contribution in [2.45, 2.75) is 59.8 Å². The van der Waals surface area contributed by atoms with E-state index in [1.54, 1.807) is 0 Å². The van der Waals surface area contributed by atoms with Crippen molar-refractivity contribution in [1.29, 1.82) is 0 Å². The van der Waals surface area contributed by atoms with E-state index in [-0.39, 0.29) is 0 Å². The molecular formula is C15H24O. The predicted molar refractivity (Wildman–Crippen MR) is 65.1 cm³/mol. The third-order valence-electron chi connectivity index (χ3n) is 7.13. The topological polar surface area (TPSA) is 17.1 Å². The Kier molecular flexibility index (Phi) is 1.85. The molecule has 3 aliphatic carbocycles. The summed E-state index contributed by atoms with van der Waals surface area (Å²) in [6.45, 7) is 9.53. The lowest BCUT2D eigenvalue weighted by molar-refractivity contribution is -0.129. The quantitative estimate of drug-likeness (QED) is 0.606. The number of rotatable bonds is 0. The first kappa shape index (κ1) is 10.8. The maximum atomic E-state index is 12.2. The van der Waals surface area contributed by atoms with Gasteiger partial charge in [-0.3, -0.25) is 4.79 Å². The molecule has 0 amide bonds. The van der Waals surface area contributed by atoms with Crippen LogP contribution in [-0.2, 0) is 4.79 Å². The highest BCUT2D eigenvalue weighted by molar-refractivity contribution is 5.83. The third kappa shape index (κ3) is 0.889. The second kappa shape index (κ2) is 2.73. The Balaban J connectivity index is 2.16. The lowest BCUT2D eigenvalue weighted by atomic mass is 9.59. The van der Waals surface area contributed by atoms with Gasteiger partial charge in [-0.05, 0) is 41.4 Å². The largest absolute Gasteiger partial charge is 0.299 e. The summed E-state index contributed by atoms with van der Waals surface area (Å²) in [5.41, 5.74) is 1.16. The molecule has 0 spiro atoms. The van der Waals surface area contributed by atoms with Gasteiger partial charge in [0.1, 0.15) is 5.78 Å². The molecule has 0 N–H and O–H groups in total. The van der Waals surface area contributed by atoms with Crippen molar-refractivity contribution >= 4 is 5.78 Å². The molecule has 90 valence electrons. The smallest absolute Gasteiger partial charge is 0.136 e. The summed E-state index contributed by atoms with van der Waals surface area (Å²) in [4.78, 5) is 12.2. The molecule has 3 fully saturated rings. The summed E-state index contributed by atoms with van der Waals surface area (Å²) in [5, 5.41) is 0. The van der Waals surface area contributed by atoms with Gasteiger partial charge in [0.25, 0.3) is 0 Å². The number of carbonyl (C=O) groups excluding carboxylic acids is 1. The first-order valence-corrected chi connectivity index (χ1v) is 6.87. The van der Waals surface area contributed by atoms with Crippen molar-refractivity contribution in [3.05, 3.63) is 0 Å². The molecule has 1 unspecified atom stereocenters. The molecule has 3 rings (SSSR count). The van der Waals surface area contributed by atoms with Gasteiger partial charge < -0.3 is 0 Å². The first-order valence-electron chi connectivity index (χ1n) is 6.87. The normalized spacial score (nSPS) is 60.1. The van der Waals surface area contributed by atoms with E-state index in [0.717, 1.165) is 6.42 Å². The van der Waals surface area contributed by atoms with Gasteiger partial charge in [-0.15, -0.1) is 0 Å². The van der Waals surface area contributed by atoms with Crippen LogP contribution in [0, 0.1) is 28.1 Å². The summed E-state index contributed by atoms with van der Waals surface area (Å²) in [5.74, 6) is 1.51. The maximum absolute atomic E-state index is 12.2. The zero-order valence-corrected chi connectivity index (χ0v) is 11.1. The minimum absolute atomic E-state index is 0.298. The maximum Gasteiger partial charge on any atom is 0.136 e. The number of hydrogen-bond donors (Lipinski definition) is 0. The monoisotopic (exact) mass is 220 g/mol. The van der Waals surface area contributed by atoms with Crippen LogP contribution in [-0.4, -0.2) is 5.78 Å². The number of ketones is 1. The van der Waals surface area contributed by atoms with E-state index in [0.29, 0.717) is 33.9 Å². The van der Waals surface area contributed by atoms with Crippen LogP contribution in [0.4, 0.5) is 0 Å². The van der Waals surface area contributed by atoms with Crippen molar-refractivity contribution in [2.24, 2.45) is 28.1 Å². The number of Topliss-reactive ketones (excluding diaryl/α,β-unsaturated/α-hetero) is 1. The van der Waals surface area contributed by atoms with E-state index >= 15 is 0 Å². The van der Waals surface area contributed by atoms with Crippen molar-refractivity contribution in [1.82, 2.24) is 0 Å². The van der Waals surface area contributed by atoms with Crippen LogP contribution in [0.15, 0.2) is 0 Å². The summed E-state index contributed by atoms with van der Waals surface area (Å²) in [6.07, 6.45) is 6.21. The van der Waals surface area contributed by atoms with Crippen molar-refractivity contribution in [3.8, 4) is 0 Å². The van der Waals surface area contributed by atoms with Crippen LogP contribution in [0.1, 0.15) is 59.8 Å². The standard InChI is InChI=1S/C15H24O/c1-10-11-8-13(2,9-12(10)16)15(4)7-5-6-14(11,15)3/h10-11H,5-9H2,1-4H3/t10-,11?,13+,14+,15-/m1/s1. The molecule has 3 aliphatic rings. The van der Waals surface area contributed by atoms with Gasteiger partial charge in [-0.1, -0.05) is 34.1 Å². The molecule has 1 heteroatoms. The van der Waals surface area contributed by atoms with E-state index < -0.39 is 0 Å². The fourth-order valence-electron chi connectivity index (χ4n) is 5.66. The SMILES string of the molecule is C[C@H]1C(=O)C[C@]2(C)CC1[C@]1(C)CCC[C@]21C. The van der Waals surface area contributed by atoms with Crippen molar-refractivity contribution < 1.29 is 4.79 Å². The van der Waals surface area contributed by atoms with Crippen LogP contribution < -0.4 is 0 Å². The van der Waals surface area contributed by atoms with Crippen LogP contribution in [0.3, 0.4) is 0 Å². The van der Waals surface area contributed by atoms with Crippen LogP contribution in [0.5, 0.6) is 0 Å². The minimum atomic E-state index is 0.298. The summed E-state index contributed by atoms with van der Waals surface area (Å²) < 4.78 is 0. The van der Waals surface area contributed by atoms with Gasteiger partial charge in [0.15, 0.2) is 0 Å². The molecule has 5 atom stereocenters. The molecule has 0 saturated heterocycles. The predicted octanol–water partition coefficient (Wildman–Crippen LogP) is 3.82. The van der Waals surface area contributed by atoms with E-state index in [4.69, 9.17) is 0 Å². The molecule has 0 aromatic rings. The lowest BCUT2D eigenvalue weighted by Crippen LogP contribution is -2.39. The van der Waals surface area contributed by atoms with Gasteiger partial charge in [0.2, 0.25) is 0 Å². The molecule has 0 heterocycles. The molecule has 3 saturated carbocycles. The molecule has 2 bridgehead atoms. The fraction of sp³-hybridized carbons (Fsp3) is 0.933. The molecule has 0 radical (unpaired) electrons. The molecular weight excluding hydrogens is 196 g/mol. The van der Waals surface area contributed by atoms with Gasteiger partial charge in [0.05, 0.1) is 0 Å².